The van der Waals surface area contributed by atoms with Crippen molar-refractivity contribution in [2.75, 3.05) is 36.5 Å². The molecular formula is C18H20N4O3. The molecular weight excluding hydrogens is 320 g/mol. The summed E-state index contributed by atoms with van der Waals surface area (Å²) < 4.78 is 11.5. The van der Waals surface area contributed by atoms with Crippen LogP contribution in [0.5, 0.6) is 0 Å². The van der Waals surface area contributed by atoms with E-state index < -0.39 is 0 Å². The lowest BCUT2D eigenvalue weighted by atomic mass is 10.0. The summed E-state index contributed by atoms with van der Waals surface area (Å²) in [6.45, 7) is 3.05. The van der Waals surface area contributed by atoms with E-state index in [0.29, 0.717) is 24.5 Å². The number of hydrogen-bond acceptors (Lipinski definition) is 6. The average molecular weight is 340 g/mol. The first-order valence-corrected chi connectivity index (χ1v) is 8.44. The molecule has 2 aliphatic rings. The van der Waals surface area contributed by atoms with Crippen molar-refractivity contribution in [1.29, 1.82) is 0 Å². The Labute approximate surface area is 146 Å². The fraction of sp³-hybridized carbons (Fsp3) is 0.389. The number of carbonyl (C=O) groups is 1. The Kier molecular flexibility index (Phi) is 4.33. The molecule has 1 spiro atoms. The fourth-order valence-corrected chi connectivity index (χ4v) is 3.21. The molecule has 2 aliphatic heterocycles. The predicted octanol–water partition coefficient (Wildman–Crippen LogP) is 2.07. The Morgan fingerprint density at radius 2 is 1.92 bits per heavy atom. The van der Waals surface area contributed by atoms with Crippen molar-refractivity contribution in [3.8, 4) is 0 Å². The molecule has 0 saturated carbocycles. The first-order valence-electron chi connectivity index (χ1n) is 8.44. The van der Waals surface area contributed by atoms with Crippen molar-refractivity contribution in [2.45, 2.75) is 18.6 Å². The zero-order chi connectivity index (χ0) is 17.1. The number of hydrogen-bond donors (Lipinski definition) is 1. The molecule has 0 unspecified atom stereocenters. The van der Waals surface area contributed by atoms with Crippen molar-refractivity contribution in [3.05, 3.63) is 48.4 Å². The molecule has 7 nitrogen and oxygen atoms in total. The van der Waals surface area contributed by atoms with E-state index >= 15 is 0 Å². The Morgan fingerprint density at radius 3 is 2.56 bits per heavy atom. The van der Waals surface area contributed by atoms with Gasteiger partial charge >= 0.3 is 0 Å². The van der Waals surface area contributed by atoms with Crippen LogP contribution in [-0.4, -0.2) is 48.0 Å². The van der Waals surface area contributed by atoms with E-state index in [1.807, 2.05) is 12.1 Å². The molecule has 0 aromatic carbocycles. The Hall–Kier alpha value is -2.51. The topological polar surface area (TPSA) is 76.6 Å². The van der Waals surface area contributed by atoms with Gasteiger partial charge in [-0.15, -0.1) is 0 Å². The normalized spacial score (nSPS) is 19.1. The maximum absolute atomic E-state index is 12.1. The van der Waals surface area contributed by atoms with Crippen molar-refractivity contribution >= 4 is 17.4 Å². The van der Waals surface area contributed by atoms with Crippen LogP contribution in [0.1, 0.15) is 23.2 Å². The summed E-state index contributed by atoms with van der Waals surface area (Å²) in [5.74, 6) is 0.319. The van der Waals surface area contributed by atoms with Gasteiger partial charge in [0.1, 0.15) is 5.82 Å². The summed E-state index contributed by atoms with van der Waals surface area (Å²) >= 11 is 0. The minimum absolute atomic E-state index is 0.196. The largest absolute Gasteiger partial charge is 0.356 e. The van der Waals surface area contributed by atoms with E-state index in [2.05, 4.69) is 20.2 Å². The van der Waals surface area contributed by atoms with Crippen molar-refractivity contribution in [1.82, 2.24) is 9.97 Å². The van der Waals surface area contributed by atoms with Gasteiger partial charge in [-0.2, -0.15) is 0 Å². The van der Waals surface area contributed by atoms with Crippen LogP contribution in [0.3, 0.4) is 0 Å². The molecule has 2 saturated heterocycles. The number of pyridine rings is 2. The second-order valence-electron chi connectivity index (χ2n) is 6.20. The van der Waals surface area contributed by atoms with E-state index in [1.54, 1.807) is 24.5 Å². The van der Waals surface area contributed by atoms with Crippen molar-refractivity contribution in [2.24, 2.45) is 0 Å². The number of aromatic nitrogens is 2. The smallest absolute Gasteiger partial charge is 0.257 e. The highest BCUT2D eigenvalue weighted by atomic mass is 16.7. The Bertz CT molecular complexity index is 720. The second-order valence-corrected chi connectivity index (χ2v) is 6.20. The van der Waals surface area contributed by atoms with Crippen molar-refractivity contribution in [3.63, 3.8) is 0 Å². The first-order chi connectivity index (χ1) is 12.2. The van der Waals surface area contributed by atoms with Gasteiger partial charge in [0.05, 0.1) is 30.7 Å². The zero-order valence-corrected chi connectivity index (χ0v) is 13.9. The number of carbonyl (C=O) groups excluding carboxylic acids is 1. The molecule has 0 bridgehead atoms. The maximum atomic E-state index is 12.1. The van der Waals surface area contributed by atoms with Gasteiger partial charge in [0.25, 0.3) is 5.91 Å². The van der Waals surface area contributed by atoms with Gasteiger partial charge in [-0.05, 0) is 24.3 Å². The number of anilines is 2. The number of rotatable bonds is 3. The molecule has 4 heterocycles. The molecule has 25 heavy (non-hydrogen) atoms. The lowest BCUT2D eigenvalue weighted by Gasteiger charge is -2.38. The summed E-state index contributed by atoms with van der Waals surface area (Å²) in [7, 11) is 0. The third-order valence-electron chi connectivity index (χ3n) is 4.59. The maximum Gasteiger partial charge on any atom is 0.257 e. The van der Waals surface area contributed by atoms with Gasteiger partial charge in [0, 0.05) is 38.3 Å². The molecule has 7 heteroatoms. The lowest BCUT2D eigenvalue weighted by molar-refractivity contribution is -0.169. The summed E-state index contributed by atoms with van der Waals surface area (Å²) in [6, 6.07) is 7.24. The van der Waals surface area contributed by atoms with Crippen LogP contribution >= 0.6 is 0 Å². The number of nitrogens with one attached hydrogen (secondary N) is 1. The lowest BCUT2D eigenvalue weighted by Crippen LogP contribution is -2.45. The van der Waals surface area contributed by atoms with Crippen LogP contribution in [-0.2, 0) is 9.47 Å². The van der Waals surface area contributed by atoms with Gasteiger partial charge in [0.2, 0.25) is 0 Å². The van der Waals surface area contributed by atoms with Crippen LogP contribution in [0.2, 0.25) is 0 Å². The minimum atomic E-state index is -0.381. The summed E-state index contributed by atoms with van der Waals surface area (Å²) in [5.41, 5.74) is 1.18. The van der Waals surface area contributed by atoms with Gasteiger partial charge < -0.3 is 19.7 Å². The summed E-state index contributed by atoms with van der Waals surface area (Å²) in [6.07, 6.45) is 6.53. The molecule has 2 aromatic rings. The Balaban J connectivity index is 1.37. The van der Waals surface area contributed by atoms with Crippen LogP contribution in [0.4, 0.5) is 11.5 Å². The van der Waals surface area contributed by atoms with Crippen LogP contribution in [0, 0.1) is 0 Å². The highest BCUT2D eigenvalue weighted by molar-refractivity contribution is 6.03. The third kappa shape index (κ3) is 3.47. The van der Waals surface area contributed by atoms with E-state index in [4.69, 9.17) is 9.47 Å². The highest BCUT2D eigenvalue weighted by Crippen LogP contribution is 2.32. The summed E-state index contributed by atoms with van der Waals surface area (Å²) in [5, 5.41) is 2.83. The average Bonchev–Trinajstić information content (AvgIpc) is 3.12. The number of nitrogens with zero attached hydrogens (tertiary/aromatic N) is 3. The van der Waals surface area contributed by atoms with Crippen LogP contribution < -0.4 is 10.2 Å². The quantitative estimate of drug-likeness (QED) is 0.922. The molecule has 0 atom stereocenters. The number of ether oxygens (including phenoxy) is 2. The summed E-state index contributed by atoms with van der Waals surface area (Å²) in [4.78, 5) is 22.8. The van der Waals surface area contributed by atoms with Crippen LogP contribution in [0.15, 0.2) is 42.9 Å². The molecule has 1 amide bonds. The standard InChI is InChI=1S/C18H20N4O3/c23-17(14-2-1-7-19-12-14)21-15-3-4-16(20-13-15)22-8-5-18(6-9-22)24-10-11-25-18/h1-4,7,12-13H,5-6,8-11H2,(H,21,23). The zero-order valence-electron chi connectivity index (χ0n) is 13.9. The fourth-order valence-electron chi connectivity index (χ4n) is 3.21. The molecule has 1 N–H and O–H groups in total. The SMILES string of the molecule is O=C(Nc1ccc(N2CCC3(CC2)OCCO3)nc1)c1cccnc1. The molecule has 130 valence electrons. The van der Waals surface area contributed by atoms with Gasteiger partial charge in [-0.3, -0.25) is 9.78 Å². The number of piperidine rings is 1. The van der Waals surface area contributed by atoms with Crippen LogP contribution in [0.25, 0.3) is 0 Å². The molecule has 0 radical (unpaired) electrons. The minimum Gasteiger partial charge on any atom is -0.356 e. The Morgan fingerprint density at radius 1 is 1.12 bits per heavy atom. The predicted molar refractivity (Wildman–Crippen MR) is 92.5 cm³/mol. The molecule has 2 aromatic heterocycles. The highest BCUT2D eigenvalue weighted by Gasteiger charge is 2.39. The number of amides is 1. The van der Waals surface area contributed by atoms with E-state index in [1.165, 1.54) is 6.20 Å². The second kappa shape index (κ2) is 6.78. The third-order valence-corrected chi connectivity index (χ3v) is 4.59. The molecule has 2 fully saturated rings. The van der Waals surface area contributed by atoms with Gasteiger partial charge in [-0.25, -0.2) is 4.98 Å². The van der Waals surface area contributed by atoms with Gasteiger partial charge in [0.15, 0.2) is 5.79 Å². The van der Waals surface area contributed by atoms with E-state index in [0.717, 1.165) is 31.7 Å². The van der Waals surface area contributed by atoms with Crippen molar-refractivity contribution < 1.29 is 14.3 Å². The molecule has 4 rings (SSSR count). The van der Waals surface area contributed by atoms with Gasteiger partial charge in [-0.1, -0.05) is 0 Å². The molecule has 0 aliphatic carbocycles. The van der Waals surface area contributed by atoms with E-state index in [9.17, 15) is 4.79 Å². The monoisotopic (exact) mass is 340 g/mol. The first kappa shape index (κ1) is 16.0. The van der Waals surface area contributed by atoms with E-state index in [-0.39, 0.29) is 11.7 Å².